The Morgan fingerprint density at radius 1 is 1.00 bits per heavy atom. The lowest BCUT2D eigenvalue weighted by molar-refractivity contribution is 0.166. The molecule has 0 saturated heterocycles. The van der Waals surface area contributed by atoms with E-state index >= 15 is 0 Å². The molecule has 2 aromatic carbocycles. The van der Waals surface area contributed by atoms with Crippen LogP contribution in [0.2, 0.25) is 0 Å². The van der Waals surface area contributed by atoms with Crippen LogP contribution in [0.25, 0.3) is 0 Å². The number of hydrogen-bond acceptors (Lipinski definition) is 3. The summed E-state index contributed by atoms with van der Waals surface area (Å²) in [6.45, 7) is 2.36. The van der Waals surface area contributed by atoms with Gasteiger partial charge in [-0.15, -0.1) is 0 Å². The first kappa shape index (κ1) is 14.4. The normalized spacial score (nSPS) is 11.9. The highest BCUT2D eigenvalue weighted by Gasteiger charge is 2.11. The summed E-state index contributed by atoms with van der Waals surface area (Å²) >= 11 is 0. The van der Waals surface area contributed by atoms with Crippen molar-refractivity contribution in [3.05, 3.63) is 59.7 Å². The van der Waals surface area contributed by atoms with Gasteiger partial charge in [-0.2, -0.15) is 0 Å². The molecule has 0 fully saturated rings. The lowest BCUT2D eigenvalue weighted by atomic mass is 10.1. The second kappa shape index (κ2) is 6.96. The summed E-state index contributed by atoms with van der Waals surface area (Å²) in [4.78, 5) is 0. The van der Waals surface area contributed by atoms with Gasteiger partial charge in [-0.1, -0.05) is 43.3 Å². The third-order valence-corrected chi connectivity index (χ3v) is 3.24. The molecule has 0 aliphatic heterocycles. The molecule has 0 amide bonds. The highest BCUT2D eigenvalue weighted by molar-refractivity contribution is 5.37. The topological polar surface area (TPSA) is 38.7 Å². The molecule has 20 heavy (non-hydrogen) atoms. The van der Waals surface area contributed by atoms with Crippen molar-refractivity contribution in [2.24, 2.45) is 0 Å². The van der Waals surface area contributed by atoms with Gasteiger partial charge < -0.3 is 14.6 Å². The number of aliphatic hydroxyl groups is 1. The lowest BCUT2D eigenvalue weighted by Gasteiger charge is -2.15. The van der Waals surface area contributed by atoms with E-state index in [1.165, 1.54) is 0 Å². The van der Waals surface area contributed by atoms with Crippen molar-refractivity contribution in [2.75, 3.05) is 7.11 Å². The van der Waals surface area contributed by atoms with Crippen LogP contribution >= 0.6 is 0 Å². The van der Waals surface area contributed by atoms with E-state index in [0.29, 0.717) is 18.8 Å². The van der Waals surface area contributed by atoms with Crippen molar-refractivity contribution >= 4 is 0 Å². The fourth-order valence-corrected chi connectivity index (χ4v) is 2.08. The zero-order valence-corrected chi connectivity index (χ0v) is 11.9. The summed E-state index contributed by atoms with van der Waals surface area (Å²) in [5.74, 6) is 1.52. The number of para-hydroxylation sites is 2. The van der Waals surface area contributed by atoms with Gasteiger partial charge in [-0.05, 0) is 18.6 Å². The van der Waals surface area contributed by atoms with Gasteiger partial charge >= 0.3 is 0 Å². The Morgan fingerprint density at radius 2 is 1.65 bits per heavy atom. The van der Waals surface area contributed by atoms with Crippen molar-refractivity contribution in [3.8, 4) is 11.5 Å². The standard InChI is InChI=1S/C17H20O3/c1-3-15(18)14-9-5-7-11-17(14)20-12-13-8-4-6-10-16(13)19-2/h4-11,15,18H,3,12H2,1-2H3/t15-/m1/s1. The maximum Gasteiger partial charge on any atom is 0.125 e. The van der Waals surface area contributed by atoms with Crippen LogP contribution in [0, 0.1) is 0 Å². The zero-order valence-electron chi connectivity index (χ0n) is 11.9. The second-order valence-corrected chi connectivity index (χ2v) is 4.56. The van der Waals surface area contributed by atoms with E-state index in [1.807, 2.05) is 55.5 Å². The average Bonchev–Trinajstić information content (AvgIpc) is 2.52. The van der Waals surface area contributed by atoms with Gasteiger partial charge in [0.25, 0.3) is 0 Å². The Labute approximate surface area is 119 Å². The molecular formula is C17H20O3. The van der Waals surface area contributed by atoms with Crippen molar-refractivity contribution < 1.29 is 14.6 Å². The molecular weight excluding hydrogens is 252 g/mol. The first-order valence-electron chi connectivity index (χ1n) is 6.78. The quantitative estimate of drug-likeness (QED) is 0.871. The van der Waals surface area contributed by atoms with Crippen LogP contribution < -0.4 is 9.47 Å². The van der Waals surface area contributed by atoms with E-state index in [0.717, 1.165) is 16.9 Å². The molecule has 0 aromatic heterocycles. The number of methoxy groups -OCH3 is 1. The Balaban J connectivity index is 2.15. The van der Waals surface area contributed by atoms with Gasteiger partial charge in [0.05, 0.1) is 13.2 Å². The third kappa shape index (κ3) is 3.31. The number of hydrogen-bond donors (Lipinski definition) is 1. The summed E-state index contributed by atoms with van der Waals surface area (Å²) in [5.41, 5.74) is 1.81. The highest BCUT2D eigenvalue weighted by atomic mass is 16.5. The van der Waals surface area contributed by atoms with E-state index in [9.17, 15) is 5.11 Å². The van der Waals surface area contributed by atoms with Gasteiger partial charge in [0.2, 0.25) is 0 Å². The van der Waals surface area contributed by atoms with Crippen molar-refractivity contribution in [3.63, 3.8) is 0 Å². The molecule has 1 atom stereocenters. The predicted molar refractivity (Wildman–Crippen MR) is 79.0 cm³/mol. The first-order valence-corrected chi connectivity index (χ1v) is 6.78. The predicted octanol–water partition coefficient (Wildman–Crippen LogP) is 3.72. The summed E-state index contributed by atoms with van der Waals surface area (Å²) in [7, 11) is 1.65. The van der Waals surface area contributed by atoms with E-state index < -0.39 is 6.10 Å². The molecule has 1 N–H and O–H groups in total. The molecule has 3 nitrogen and oxygen atoms in total. The largest absolute Gasteiger partial charge is 0.496 e. The zero-order chi connectivity index (χ0) is 14.4. The Kier molecular flexibility index (Phi) is 5.02. The molecule has 0 unspecified atom stereocenters. The number of rotatable bonds is 6. The maximum absolute atomic E-state index is 10.0. The minimum Gasteiger partial charge on any atom is -0.496 e. The van der Waals surface area contributed by atoms with Crippen LogP contribution in [0.3, 0.4) is 0 Å². The van der Waals surface area contributed by atoms with Gasteiger partial charge in [-0.25, -0.2) is 0 Å². The van der Waals surface area contributed by atoms with Crippen LogP contribution in [-0.4, -0.2) is 12.2 Å². The lowest BCUT2D eigenvalue weighted by Crippen LogP contribution is -2.03. The molecule has 0 aliphatic carbocycles. The minimum absolute atomic E-state index is 0.414. The summed E-state index contributed by atoms with van der Waals surface area (Å²) in [5, 5.41) is 10.0. The second-order valence-electron chi connectivity index (χ2n) is 4.56. The number of benzene rings is 2. The van der Waals surface area contributed by atoms with Crippen LogP contribution in [0.1, 0.15) is 30.6 Å². The fourth-order valence-electron chi connectivity index (χ4n) is 2.08. The van der Waals surface area contributed by atoms with E-state index in [-0.39, 0.29) is 0 Å². The molecule has 0 heterocycles. The van der Waals surface area contributed by atoms with Gasteiger partial charge in [0.15, 0.2) is 0 Å². The van der Waals surface area contributed by atoms with Crippen LogP contribution in [0.5, 0.6) is 11.5 Å². The number of aliphatic hydroxyl groups excluding tert-OH is 1. The Hall–Kier alpha value is -2.00. The van der Waals surface area contributed by atoms with E-state index in [1.54, 1.807) is 7.11 Å². The van der Waals surface area contributed by atoms with Crippen molar-refractivity contribution in [2.45, 2.75) is 26.1 Å². The number of ether oxygens (including phenoxy) is 2. The molecule has 2 aromatic rings. The molecule has 3 heteroatoms. The van der Waals surface area contributed by atoms with Crippen LogP contribution in [0.15, 0.2) is 48.5 Å². The minimum atomic E-state index is -0.496. The molecule has 0 aliphatic rings. The fraction of sp³-hybridized carbons (Fsp3) is 0.294. The maximum atomic E-state index is 10.0. The molecule has 0 bridgehead atoms. The molecule has 0 spiro atoms. The average molecular weight is 272 g/mol. The van der Waals surface area contributed by atoms with Crippen LogP contribution in [0.4, 0.5) is 0 Å². The van der Waals surface area contributed by atoms with Crippen molar-refractivity contribution in [1.29, 1.82) is 0 Å². The molecule has 2 rings (SSSR count). The Morgan fingerprint density at radius 3 is 2.35 bits per heavy atom. The van der Waals surface area contributed by atoms with Gasteiger partial charge in [0.1, 0.15) is 18.1 Å². The Bertz CT molecular complexity index is 551. The van der Waals surface area contributed by atoms with E-state index in [4.69, 9.17) is 9.47 Å². The summed E-state index contributed by atoms with van der Waals surface area (Å²) in [6.07, 6.45) is 0.165. The SMILES string of the molecule is CC[C@@H](O)c1ccccc1OCc1ccccc1OC. The highest BCUT2D eigenvalue weighted by Crippen LogP contribution is 2.28. The first-order chi connectivity index (χ1) is 9.76. The van der Waals surface area contributed by atoms with Crippen molar-refractivity contribution in [1.82, 2.24) is 0 Å². The van der Waals surface area contributed by atoms with Gasteiger partial charge in [-0.3, -0.25) is 0 Å². The smallest absolute Gasteiger partial charge is 0.125 e. The molecule has 0 radical (unpaired) electrons. The third-order valence-electron chi connectivity index (χ3n) is 3.24. The molecule has 106 valence electrons. The molecule has 0 saturated carbocycles. The van der Waals surface area contributed by atoms with Crippen LogP contribution in [-0.2, 0) is 6.61 Å². The monoisotopic (exact) mass is 272 g/mol. The van der Waals surface area contributed by atoms with Gasteiger partial charge in [0, 0.05) is 11.1 Å². The summed E-state index contributed by atoms with van der Waals surface area (Å²) < 4.78 is 11.2. The summed E-state index contributed by atoms with van der Waals surface area (Å²) in [6, 6.07) is 15.3. The van der Waals surface area contributed by atoms with E-state index in [2.05, 4.69) is 0 Å².